The molecule has 0 radical (unpaired) electrons. The highest BCUT2D eigenvalue weighted by atomic mass is 35.5. The Morgan fingerprint density at radius 1 is 1.24 bits per heavy atom. The van der Waals surface area contributed by atoms with E-state index in [2.05, 4.69) is 16.0 Å². The Bertz CT molecular complexity index is 438. The Kier molecular flexibility index (Phi) is 5.06. The van der Waals surface area contributed by atoms with Gasteiger partial charge in [0.1, 0.15) is 0 Å². The van der Waals surface area contributed by atoms with Crippen LogP contribution in [0.15, 0.2) is 18.2 Å². The molecule has 7 heteroatoms. The van der Waals surface area contributed by atoms with Crippen molar-refractivity contribution >= 4 is 40.8 Å². The van der Waals surface area contributed by atoms with E-state index in [4.69, 9.17) is 23.2 Å². The molecule has 17 heavy (non-hydrogen) atoms. The van der Waals surface area contributed by atoms with E-state index in [1.165, 1.54) is 7.05 Å². The Balaban J connectivity index is 2.47. The van der Waals surface area contributed by atoms with Gasteiger partial charge in [-0.15, -0.1) is 0 Å². The summed E-state index contributed by atoms with van der Waals surface area (Å²) < 4.78 is 0. The third kappa shape index (κ3) is 4.50. The molecule has 0 aliphatic carbocycles. The summed E-state index contributed by atoms with van der Waals surface area (Å²) in [5, 5.41) is 8.02. The molecule has 0 heterocycles. The van der Waals surface area contributed by atoms with Gasteiger partial charge in [-0.2, -0.15) is 0 Å². The monoisotopic (exact) mass is 275 g/mol. The van der Waals surface area contributed by atoms with Crippen LogP contribution in [-0.2, 0) is 4.79 Å². The Hall–Kier alpha value is -1.46. The first-order chi connectivity index (χ1) is 8.02. The normalized spacial score (nSPS) is 9.59. The van der Waals surface area contributed by atoms with Crippen molar-refractivity contribution in [2.24, 2.45) is 0 Å². The second-order valence-electron chi connectivity index (χ2n) is 3.11. The predicted molar refractivity (Wildman–Crippen MR) is 67.6 cm³/mol. The summed E-state index contributed by atoms with van der Waals surface area (Å²) in [6.07, 6.45) is 0. The molecule has 0 aliphatic heterocycles. The second kappa shape index (κ2) is 6.32. The maximum absolute atomic E-state index is 11.2. The molecule has 3 amide bonds. The molecule has 3 N–H and O–H groups in total. The zero-order chi connectivity index (χ0) is 12.8. The number of hydrogen-bond donors (Lipinski definition) is 3. The maximum atomic E-state index is 11.2. The van der Waals surface area contributed by atoms with Crippen LogP contribution < -0.4 is 16.0 Å². The summed E-state index contributed by atoms with van der Waals surface area (Å²) in [5.41, 5.74) is 0.645. The summed E-state index contributed by atoms with van der Waals surface area (Å²) in [6.45, 7) is -0.0363. The fraction of sp³-hybridized carbons (Fsp3) is 0.200. The summed E-state index contributed by atoms with van der Waals surface area (Å²) in [7, 11) is 1.43. The Morgan fingerprint density at radius 2 is 1.94 bits per heavy atom. The van der Waals surface area contributed by atoms with E-state index in [0.29, 0.717) is 15.7 Å². The molecule has 0 aromatic heterocycles. The lowest BCUT2D eigenvalue weighted by Crippen LogP contribution is -2.40. The summed E-state index contributed by atoms with van der Waals surface area (Å²) in [5.74, 6) is -0.449. The molecule has 0 unspecified atom stereocenters. The van der Waals surface area contributed by atoms with Crippen LogP contribution in [-0.4, -0.2) is 25.5 Å². The van der Waals surface area contributed by atoms with Crippen molar-refractivity contribution in [3.63, 3.8) is 0 Å². The molecule has 1 aromatic rings. The number of hydrogen-bond acceptors (Lipinski definition) is 3. The van der Waals surface area contributed by atoms with E-state index in [0.717, 1.165) is 0 Å². The van der Waals surface area contributed by atoms with Crippen molar-refractivity contribution in [1.82, 2.24) is 10.6 Å². The molecule has 5 nitrogen and oxygen atoms in total. The highest BCUT2D eigenvalue weighted by molar-refractivity contribution is 6.42. The fourth-order valence-electron chi connectivity index (χ4n) is 1.02. The highest BCUT2D eigenvalue weighted by Crippen LogP contribution is 2.24. The largest absolute Gasteiger partial charge is 0.376 e. The van der Waals surface area contributed by atoms with Gasteiger partial charge in [0.15, 0.2) is 0 Å². The SMILES string of the molecule is CNC(=O)NC(=O)CNc1ccc(Cl)c(Cl)c1. The van der Waals surface area contributed by atoms with Crippen LogP contribution in [0.1, 0.15) is 0 Å². The predicted octanol–water partition coefficient (Wildman–Crippen LogP) is 1.86. The van der Waals surface area contributed by atoms with Gasteiger partial charge in [0, 0.05) is 12.7 Å². The van der Waals surface area contributed by atoms with Gasteiger partial charge in [-0.1, -0.05) is 23.2 Å². The van der Waals surface area contributed by atoms with Crippen LogP contribution in [0.4, 0.5) is 10.5 Å². The number of anilines is 1. The molecular formula is C10H11Cl2N3O2. The number of carbonyl (C=O) groups is 2. The molecule has 0 fully saturated rings. The van der Waals surface area contributed by atoms with E-state index in [1.54, 1.807) is 18.2 Å². The van der Waals surface area contributed by atoms with Gasteiger partial charge >= 0.3 is 6.03 Å². The van der Waals surface area contributed by atoms with Gasteiger partial charge in [-0.3, -0.25) is 10.1 Å². The number of nitrogens with one attached hydrogen (secondary N) is 3. The molecule has 1 rings (SSSR count). The van der Waals surface area contributed by atoms with Crippen LogP contribution >= 0.6 is 23.2 Å². The lowest BCUT2D eigenvalue weighted by molar-refractivity contribution is -0.118. The average molecular weight is 276 g/mol. The third-order valence-corrected chi connectivity index (χ3v) is 2.59. The molecule has 0 atom stereocenters. The first-order valence-corrected chi connectivity index (χ1v) is 5.49. The van der Waals surface area contributed by atoms with Crippen molar-refractivity contribution in [3.8, 4) is 0 Å². The Labute approximate surface area is 108 Å². The molecule has 0 saturated carbocycles. The number of urea groups is 1. The van der Waals surface area contributed by atoms with Gasteiger partial charge < -0.3 is 10.6 Å². The van der Waals surface area contributed by atoms with E-state index < -0.39 is 11.9 Å². The molecule has 0 spiro atoms. The molecule has 0 bridgehead atoms. The van der Waals surface area contributed by atoms with Crippen LogP contribution in [0.5, 0.6) is 0 Å². The van der Waals surface area contributed by atoms with Crippen molar-refractivity contribution < 1.29 is 9.59 Å². The van der Waals surface area contributed by atoms with E-state index in [1.807, 2.05) is 0 Å². The lowest BCUT2D eigenvalue weighted by atomic mass is 10.3. The highest BCUT2D eigenvalue weighted by Gasteiger charge is 2.05. The first-order valence-electron chi connectivity index (χ1n) is 4.73. The number of halogens is 2. The lowest BCUT2D eigenvalue weighted by Gasteiger charge is -2.07. The minimum atomic E-state index is -0.550. The van der Waals surface area contributed by atoms with Gasteiger partial charge in [0.05, 0.1) is 16.6 Å². The minimum Gasteiger partial charge on any atom is -0.376 e. The first kappa shape index (κ1) is 13.6. The van der Waals surface area contributed by atoms with Gasteiger partial charge in [0.2, 0.25) is 5.91 Å². The van der Waals surface area contributed by atoms with Crippen molar-refractivity contribution in [2.75, 3.05) is 18.9 Å². The van der Waals surface area contributed by atoms with Crippen LogP contribution in [0.2, 0.25) is 10.0 Å². The number of rotatable bonds is 3. The number of imide groups is 1. The molecular weight excluding hydrogens is 265 g/mol. The summed E-state index contributed by atoms with van der Waals surface area (Å²) >= 11 is 11.5. The molecule has 92 valence electrons. The van der Waals surface area contributed by atoms with Gasteiger partial charge in [0.25, 0.3) is 0 Å². The van der Waals surface area contributed by atoms with Crippen molar-refractivity contribution in [3.05, 3.63) is 28.2 Å². The van der Waals surface area contributed by atoms with Crippen LogP contribution in [0.3, 0.4) is 0 Å². The smallest absolute Gasteiger partial charge is 0.321 e. The van der Waals surface area contributed by atoms with Gasteiger partial charge in [-0.25, -0.2) is 4.79 Å². The van der Waals surface area contributed by atoms with Crippen LogP contribution in [0.25, 0.3) is 0 Å². The minimum absolute atomic E-state index is 0.0363. The average Bonchev–Trinajstić information content (AvgIpc) is 2.30. The quantitative estimate of drug-likeness (QED) is 0.789. The second-order valence-corrected chi connectivity index (χ2v) is 3.92. The fourth-order valence-corrected chi connectivity index (χ4v) is 1.32. The molecule has 1 aromatic carbocycles. The van der Waals surface area contributed by atoms with Crippen LogP contribution in [0, 0.1) is 0 Å². The van der Waals surface area contributed by atoms with Crippen molar-refractivity contribution in [2.45, 2.75) is 0 Å². The molecule has 0 aliphatic rings. The zero-order valence-corrected chi connectivity index (χ0v) is 10.5. The summed E-state index contributed by atoms with van der Waals surface area (Å²) in [4.78, 5) is 22.1. The number of benzene rings is 1. The topological polar surface area (TPSA) is 70.2 Å². The summed E-state index contributed by atoms with van der Waals surface area (Å²) in [6, 6.07) is 4.34. The Morgan fingerprint density at radius 3 is 2.53 bits per heavy atom. The maximum Gasteiger partial charge on any atom is 0.321 e. The zero-order valence-electron chi connectivity index (χ0n) is 9.01. The number of amides is 3. The van der Waals surface area contributed by atoms with Crippen molar-refractivity contribution in [1.29, 1.82) is 0 Å². The standard InChI is InChI=1S/C10H11Cl2N3O2/c1-13-10(17)15-9(16)5-14-6-2-3-7(11)8(12)4-6/h2-4,14H,5H2,1H3,(H2,13,15,16,17). The molecule has 0 saturated heterocycles. The van der Waals surface area contributed by atoms with Gasteiger partial charge in [-0.05, 0) is 18.2 Å². The van der Waals surface area contributed by atoms with E-state index >= 15 is 0 Å². The van der Waals surface area contributed by atoms with E-state index in [-0.39, 0.29) is 6.54 Å². The number of carbonyl (C=O) groups excluding carboxylic acids is 2. The third-order valence-electron chi connectivity index (χ3n) is 1.85. The van der Waals surface area contributed by atoms with E-state index in [9.17, 15) is 9.59 Å².